The van der Waals surface area contributed by atoms with Crippen molar-refractivity contribution in [2.45, 2.75) is 33.4 Å². The lowest BCUT2D eigenvalue weighted by Gasteiger charge is -2.28. The van der Waals surface area contributed by atoms with Gasteiger partial charge in [0.2, 0.25) is 0 Å². The molecule has 6 nitrogen and oxygen atoms in total. The molecule has 0 radical (unpaired) electrons. The smallest absolute Gasteiger partial charge is 0.159 e. The average molecular weight is 396 g/mol. The maximum atomic E-state index is 4.81. The van der Waals surface area contributed by atoms with Crippen molar-refractivity contribution in [3.05, 3.63) is 89.3 Å². The third kappa shape index (κ3) is 3.50. The van der Waals surface area contributed by atoms with Crippen LogP contribution in [0.2, 0.25) is 0 Å². The summed E-state index contributed by atoms with van der Waals surface area (Å²) in [6.07, 6.45) is 8.47. The fraction of sp³-hybridized carbons (Fsp3) is 0.250. The minimum Gasteiger partial charge on any atom is -0.294 e. The molecule has 1 aromatic carbocycles. The molecule has 0 atom stereocenters. The predicted molar refractivity (Wildman–Crippen MR) is 116 cm³/mol. The molecule has 4 heterocycles. The highest BCUT2D eigenvalue weighted by Crippen LogP contribution is 2.24. The van der Waals surface area contributed by atoms with Crippen molar-refractivity contribution in [1.82, 2.24) is 29.6 Å². The highest BCUT2D eigenvalue weighted by atomic mass is 15.3. The van der Waals surface area contributed by atoms with E-state index in [1.165, 1.54) is 22.4 Å². The van der Waals surface area contributed by atoms with Crippen LogP contribution in [-0.2, 0) is 19.5 Å². The van der Waals surface area contributed by atoms with Crippen molar-refractivity contribution < 1.29 is 0 Å². The number of aryl methyl sites for hydroxylation is 1. The molecule has 0 amide bonds. The van der Waals surface area contributed by atoms with Gasteiger partial charge >= 0.3 is 0 Å². The fourth-order valence-corrected chi connectivity index (χ4v) is 4.03. The molecular weight excluding hydrogens is 372 g/mol. The van der Waals surface area contributed by atoms with Crippen LogP contribution < -0.4 is 0 Å². The van der Waals surface area contributed by atoms with Gasteiger partial charge in [-0.2, -0.15) is 5.10 Å². The number of hydrogen-bond acceptors (Lipinski definition) is 5. The van der Waals surface area contributed by atoms with E-state index in [0.29, 0.717) is 0 Å². The number of benzene rings is 1. The summed E-state index contributed by atoms with van der Waals surface area (Å²) in [7, 11) is 0. The van der Waals surface area contributed by atoms with E-state index >= 15 is 0 Å². The van der Waals surface area contributed by atoms with Crippen molar-refractivity contribution in [2.24, 2.45) is 0 Å². The van der Waals surface area contributed by atoms with Gasteiger partial charge in [-0.3, -0.25) is 9.88 Å². The van der Waals surface area contributed by atoms with Crippen LogP contribution in [0, 0.1) is 13.8 Å². The van der Waals surface area contributed by atoms with Crippen LogP contribution in [0.5, 0.6) is 0 Å². The molecule has 0 unspecified atom stereocenters. The average Bonchev–Trinajstić information content (AvgIpc) is 3.14. The van der Waals surface area contributed by atoms with Crippen LogP contribution in [0.4, 0.5) is 0 Å². The third-order valence-electron chi connectivity index (χ3n) is 5.80. The summed E-state index contributed by atoms with van der Waals surface area (Å²) in [5, 5.41) is 4.66. The van der Waals surface area contributed by atoms with Gasteiger partial charge in [0.1, 0.15) is 0 Å². The van der Waals surface area contributed by atoms with E-state index in [2.05, 4.69) is 58.1 Å². The normalized spacial score (nSPS) is 13.9. The Bertz CT molecular complexity index is 1180. The van der Waals surface area contributed by atoms with Crippen molar-refractivity contribution in [3.63, 3.8) is 0 Å². The van der Waals surface area contributed by atoms with E-state index in [9.17, 15) is 0 Å². The Morgan fingerprint density at radius 3 is 2.67 bits per heavy atom. The molecule has 0 spiro atoms. The molecule has 0 aliphatic carbocycles. The van der Waals surface area contributed by atoms with Gasteiger partial charge in [0.15, 0.2) is 5.82 Å². The van der Waals surface area contributed by atoms with Gasteiger partial charge in [-0.1, -0.05) is 18.2 Å². The monoisotopic (exact) mass is 396 g/mol. The SMILES string of the molecule is Cc1ccccc1-n1ncc(CN2CCc3nc(-c4ccncc4)ncc3C2)c1C. The molecule has 6 heteroatoms. The maximum absolute atomic E-state index is 4.81. The van der Waals surface area contributed by atoms with E-state index in [-0.39, 0.29) is 0 Å². The highest BCUT2D eigenvalue weighted by Gasteiger charge is 2.20. The first-order chi connectivity index (χ1) is 14.7. The first-order valence-electron chi connectivity index (χ1n) is 10.3. The Morgan fingerprint density at radius 1 is 1.00 bits per heavy atom. The summed E-state index contributed by atoms with van der Waals surface area (Å²) < 4.78 is 2.05. The lowest BCUT2D eigenvalue weighted by molar-refractivity contribution is 0.242. The zero-order chi connectivity index (χ0) is 20.5. The molecule has 0 N–H and O–H groups in total. The quantitative estimate of drug-likeness (QED) is 0.524. The molecular formula is C24H24N6. The summed E-state index contributed by atoms with van der Waals surface area (Å²) in [5.41, 5.74) is 8.19. The Morgan fingerprint density at radius 2 is 1.83 bits per heavy atom. The second kappa shape index (κ2) is 7.80. The van der Waals surface area contributed by atoms with Crippen LogP contribution in [0.3, 0.4) is 0 Å². The third-order valence-corrected chi connectivity index (χ3v) is 5.80. The van der Waals surface area contributed by atoms with Crippen molar-refractivity contribution in [1.29, 1.82) is 0 Å². The summed E-state index contributed by atoms with van der Waals surface area (Å²) in [6.45, 7) is 6.99. The number of aromatic nitrogens is 5. The standard InChI is InChI=1S/C24H24N6/c1-17-5-3-4-6-23(17)30-18(2)20(14-27-30)15-29-12-9-22-21(16-29)13-26-24(28-22)19-7-10-25-11-8-19/h3-8,10-11,13-14H,9,12,15-16H2,1-2H3. The van der Waals surface area contributed by atoms with Crippen LogP contribution in [0.1, 0.15) is 28.1 Å². The second-order valence-corrected chi connectivity index (χ2v) is 7.82. The van der Waals surface area contributed by atoms with Crippen molar-refractivity contribution >= 4 is 0 Å². The molecule has 3 aromatic heterocycles. The van der Waals surface area contributed by atoms with Crippen LogP contribution in [0.25, 0.3) is 17.1 Å². The van der Waals surface area contributed by atoms with E-state index in [1.807, 2.05) is 29.2 Å². The number of hydrogen-bond donors (Lipinski definition) is 0. The van der Waals surface area contributed by atoms with Crippen LogP contribution in [-0.4, -0.2) is 36.2 Å². The topological polar surface area (TPSA) is 59.7 Å². The van der Waals surface area contributed by atoms with Crippen LogP contribution >= 0.6 is 0 Å². The number of rotatable bonds is 4. The Balaban J connectivity index is 1.33. The first kappa shape index (κ1) is 18.6. The van der Waals surface area contributed by atoms with E-state index in [1.54, 1.807) is 12.4 Å². The molecule has 1 aliphatic heterocycles. The largest absolute Gasteiger partial charge is 0.294 e. The van der Waals surface area contributed by atoms with E-state index in [4.69, 9.17) is 4.98 Å². The summed E-state index contributed by atoms with van der Waals surface area (Å²) in [6, 6.07) is 12.3. The second-order valence-electron chi connectivity index (χ2n) is 7.82. The molecule has 0 fully saturated rings. The number of para-hydroxylation sites is 1. The van der Waals surface area contributed by atoms with Gasteiger partial charge in [0, 0.05) is 67.0 Å². The molecule has 5 rings (SSSR count). The van der Waals surface area contributed by atoms with E-state index in [0.717, 1.165) is 48.8 Å². The fourth-order valence-electron chi connectivity index (χ4n) is 4.03. The number of fused-ring (bicyclic) bond motifs is 1. The lowest BCUT2D eigenvalue weighted by Crippen LogP contribution is -2.31. The number of nitrogens with zero attached hydrogens (tertiary/aromatic N) is 6. The summed E-state index contributed by atoms with van der Waals surface area (Å²) in [5.74, 6) is 0.778. The van der Waals surface area contributed by atoms with E-state index < -0.39 is 0 Å². The minimum atomic E-state index is 0.778. The molecule has 4 aromatic rings. The highest BCUT2D eigenvalue weighted by molar-refractivity contribution is 5.54. The predicted octanol–water partition coefficient (Wildman–Crippen LogP) is 3.90. The molecule has 0 saturated heterocycles. The van der Waals surface area contributed by atoms with Crippen LogP contribution in [0.15, 0.2) is 61.2 Å². The minimum absolute atomic E-state index is 0.778. The van der Waals surface area contributed by atoms with Gasteiger partial charge in [-0.05, 0) is 37.6 Å². The van der Waals surface area contributed by atoms with Gasteiger partial charge in [0.25, 0.3) is 0 Å². The van der Waals surface area contributed by atoms with Gasteiger partial charge in [-0.15, -0.1) is 0 Å². The first-order valence-corrected chi connectivity index (χ1v) is 10.3. The lowest BCUT2D eigenvalue weighted by atomic mass is 10.1. The summed E-state index contributed by atoms with van der Waals surface area (Å²) >= 11 is 0. The molecule has 0 saturated carbocycles. The number of pyridine rings is 1. The van der Waals surface area contributed by atoms with Crippen molar-refractivity contribution in [2.75, 3.05) is 6.54 Å². The Labute approximate surface area is 176 Å². The van der Waals surface area contributed by atoms with Gasteiger partial charge < -0.3 is 0 Å². The zero-order valence-electron chi connectivity index (χ0n) is 17.3. The molecule has 0 bridgehead atoms. The Hall–Kier alpha value is -3.38. The maximum Gasteiger partial charge on any atom is 0.159 e. The summed E-state index contributed by atoms with van der Waals surface area (Å²) in [4.78, 5) is 15.9. The Kier molecular flexibility index (Phi) is 4.85. The van der Waals surface area contributed by atoms with Gasteiger partial charge in [0.05, 0.1) is 17.6 Å². The molecule has 30 heavy (non-hydrogen) atoms. The molecule has 150 valence electrons. The van der Waals surface area contributed by atoms with Crippen molar-refractivity contribution in [3.8, 4) is 17.1 Å². The molecule has 1 aliphatic rings. The zero-order valence-corrected chi connectivity index (χ0v) is 17.3. The van der Waals surface area contributed by atoms with Gasteiger partial charge in [-0.25, -0.2) is 14.6 Å².